The number of amides is 3. The van der Waals surface area contributed by atoms with E-state index in [0.717, 1.165) is 16.5 Å². The van der Waals surface area contributed by atoms with Gasteiger partial charge in [0.1, 0.15) is 18.1 Å². The Balaban J connectivity index is 2.13. The lowest BCUT2D eigenvalue weighted by Gasteiger charge is -2.23. The number of carbonyl (C=O) groups is 5. The zero-order chi connectivity index (χ0) is 29.8. The number of carbonyl (C=O) groups excluding carboxylic acids is 3. The average molecular weight is 561 g/mol. The highest BCUT2D eigenvalue weighted by Gasteiger charge is 2.29. The van der Waals surface area contributed by atoms with E-state index in [1.807, 2.05) is 24.3 Å². The Hall–Kier alpha value is -4.66. The lowest BCUT2D eigenvalue weighted by atomic mass is 10.0. The number of aromatic amines is 1. The first-order valence-electron chi connectivity index (χ1n) is 12.6. The van der Waals surface area contributed by atoms with Crippen molar-refractivity contribution >= 4 is 46.5 Å². The standard InChI is InChI=1S/C25H36N8O7/c1-13(21(36)32-18(24(39)40)8-9-20(34)35)31-23(38)19(11-14-12-30-17-7-3-2-5-15(14)17)33-22(37)16(26)6-4-10-29-25(27)28/h2-3,5,7,12-13,16,18-19,30H,4,6,8-11,26H2,1H3,(H,31,38)(H,32,36)(H,33,37)(H,34,35)(H,39,40)(H4,27,28,29). The van der Waals surface area contributed by atoms with Gasteiger partial charge < -0.3 is 48.3 Å². The molecule has 15 heteroatoms. The third-order valence-electron chi connectivity index (χ3n) is 6.05. The third-order valence-corrected chi connectivity index (χ3v) is 6.05. The molecule has 40 heavy (non-hydrogen) atoms. The number of nitrogens with one attached hydrogen (secondary N) is 4. The molecule has 1 aromatic carbocycles. The monoisotopic (exact) mass is 560 g/mol. The number of nitrogens with zero attached hydrogens (tertiary/aromatic N) is 1. The van der Waals surface area contributed by atoms with E-state index in [0.29, 0.717) is 6.42 Å². The number of aromatic nitrogens is 1. The van der Waals surface area contributed by atoms with Crippen molar-refractivity contribution in [3.63, 3.8) is 0 Å². The van der Waals surface area contributed by atoms with Crippen molar-refractivity contribution < 1.29 is 34.2 Å². The molecule has 15 nitrogen and oxygen atoms in total. The molecule has 12 N–H and O–H groups in total. The molecule has 0 aliphatic rings. The van der Waals surface area contributed by atoms with Crippen LogP contribution in [0, 0.1) is 0 Å². The van der Waals surface area contributed by atoms with E-state index in [1.165, 1.54) is 6.92 Å². The van der Waals surface area contributed by atoms with E-state index in [9.17, 15) is 29.1 Å². The maximum atomic E-state index is 13.3. The first kappa shape index (κ1) is 31.6. The summed E-state index contributed by atoms with van der Waals surface area (Å²) >= 11 is 0. The molecule has 0 spiro atoms. The Kier molecular flexibility index (Phi) is 11.9. The van der Waals surface area contributed by atoms with Gasteiger partial charge in [-0.05, 0) is 37.8 Å². The Morgan fingerprint density at radius 3 is 2.27 bits per heavy atom. The minimum absolute atomic E-state index is 0.0625. The number of para-hydroxylation sites is 1. The van der Waals surface area contributed by atoms with Crippen LogP contribution in [0.4, 0.5) is 0 Å². The largest absolute Gasteiger partial charge is 0.481 e. The molecular weight excluding hydrogens is 524 g/mol. The van der Waals surface area contributed by atoms with Crippen molar-refractivity contribution in [2.75, 3.05) is 6.54 Å². The number of benzene rings is 1. The van der Waals surface area contributed by atoms with E-state index in [4.69, 9.17) is 22.3 Å². The molecule has 2 aromatic rings. The predicted octanol–water partition coefficient (Wildman–Crippen LogP) is -1.48. The summed E-state index contributed by atoms with van der Waals surface area (Å²) in [7, 11) is 0. The van der Waals surface area contributed by atoms with Gasteiger partial charge >= 0.3 is 11.9 Å². The summed E-state index contributed by atoms with van der Waals surface area (Å²) in [5, 5.41) is 26.3. The SMILES string of the molecule is CC(NC(=O)C(Cc1c[nH]c2ccccc12)NC(=O)C(N)CCCN=C(N)N)C(=O)NC(CCC(=O)O)C(=O)O. The van der Waals surface area contributed by atoms with Crippen LogP contribution in [-0.4, -0.2) is 81.5 Å². The number of carboxylic acids is 2. The minimum Gasteiger partial charge on any atom is -0.481 e. The predicted molar refractivity (Wildman–Crippen MR) is 146 cm³/mol. The van der Waals surface area contributed by atoms with Gasteiger partial charge in [-0.25, -0.2) is 4.79 Å². The molecule has 218 valence electrons. The second kappa shape index (κ2) is 15.1. The minimum atomic E-state index is -1.46. The van der Waals surface area contributed by atoms with E-state index >= 15 is 0 Å². The summed E-state index contributed by atoms with van der Waals surface area (Å²) in [6, 6.07) is 2.64. The van der Waals surface area contributed by atoms with E-state index < -0.39 is 60.2 Å². The number of hydrogen-bond acceptors (Lipinski definition) is 7. The molecule has 0 saturated carbocycles. The van der Waals surface area contributed by atoms with Crippen LogP contribution in [0.3, 0.4) is 0 Å². The number of H-pyrrole nitrogens is 1. The number of nitrogens with two attached hydrogens (primary N) is 3. The molecule has 2 rings (SSSR count). The third kappa shape index (κ3) is 9.90. The molecule has 0 aliphatic heterocycles. The first-order chi connectivity index (χ1) is 18.9. The molecule has 4 atom stereocenters. The van der Waals surface area contributed by atoms with Gasteiger partial charge in [-0.3, -0.25) is 24.2 Å². The molecule has 0 bridgehead atoms. The lowest BCUT2D eigenvalue weighted by Crippen LogP contribution is -2.56. The highest BCUT2D eigenvalue weighted by molar-refractivity contribution is 5.94. The molecule has 0 aliphatic carbocycles. The topological polar surface area (TPSA) is 268 Å². The average Bonchev–Trinajstić information content (AvgIpc) is 3.30. The Labute approximate surface area is 229 Å². The molecule has 0 saturated heterocycles. The highest BCUT2D eigenvalue weighted by atomic mass is 16.4. The van der Waals surface area contributed by atoms with Crippen molar-refractivity contribution in [3.8, 4) is 0 Å². The van der Waals surface area contributed by atoms with Gasteiger partial charge in [-0.1, -0.05) is 18.2 Å². The number of rotatable bonds is 16. The molecule has 0 fully saturated rings. The fraction of sp³-hybridized carbons (Fsp3) is 0.440. The number of aliphatic carboxylic acids is 2. The molecular formula is C25H36N8O7. The first-order valence-corrected chi connectivity index (χ1v) is 12.6. The summed E-state index contributed by atoms with van der Waals surface area (Å²) in [5.41, 5.74) is 18.1. The van der Waals surface area contributed by atoms with Crippen molar-refractivity contribution in [2.45, 2.75) is 63.2 Å². The maximum Gasteiger partial charge on any atom is 0.326 e. The van der Waals surface area contributed by atoms with Crippen LogP contribution in [0.5, 0.6) is 0 Å². The number of carboxylic acid groups (broad SMARTS) is 2. The van der Waals surface area contributed by atoms with Crippen molar-refractivity contribution in [1.29, 1.82) is 0 Å². The lowest BCUT2D eigenvalue weighted by molar-refractivity contribution is -0.143. The van der Waals surface area contributed by atoms with Gasteiger partial charge in [0.2, 0.25) is 17.7 Å². The van der Waals surface area contributed by atoms with Gasteiger partial charge in [0.25, 0.3) is 0 Å². The van der Waals surface area contributed by atoms with Gasteiger partial charge in [-0.15, -0.1) is 0 Å². The summed E-state index contributed by atoms with van der Waals surface area (Å²) in [4.78, 5) is 67.8. The summed E-state index contributed by atoms with van der Waals surface area (Å²) in [6.45, 7) is 1.61. The van der Waals surface area contributed by atoms with Crippen LogP contribution in [-0.2, 0) is 30.4 Å². The highest BCUT2D eigenvalue weighted by Crippen LogP contribution is 2.19. The Morgan fingerprint density at radius 2 is 1.62 bits per heavy atom. The van der Waals surface area contributed by atoms with Crippen molar-refractivity contribution in [1.82, 2.24) is 20.9 Å². The zero-order valence-corrected chi connectivity index (χ0v) is 22.1. The molecule has 1 aromatic heterocycles. The van der Waals surface area contributed by atoms with Crippen LogP contribution in [0.1, 0.15) is 38.2 Å². The normalized spacial score (nSPS) is 13.8. The second-order valence-corrected chi connectivity index (χ2v) is 9.24. The molecule has 0 radical (unpaired) electrons. The van der Waals surface area contributed by atoms with Crippen molar-refractivity contribution in [3.05, 3.63) is 36.0 Å². The van der Waals surface area contributed by atoms with Crippen LogP contribution in [0.15, 0.2) is 35.5 Å². The number of guanidine groups is 1. The van der Waals surface area contributed by atoms with E-state index in [1.54, 1.807) is 6.20 Å². The molecule has 1 heterocycles. The van der Waals surface area contributed by atoms with E-state index in [-0.39, 0.29) is 31.8 Å². The summed E-state index contributed by atoms with van der Waals surface area (Å²) < 4.78 is 0. The fourth-order valence-electron chi connectivity index (χ4n) is 3.86. The van der Waals surface area contributed by atoms with Gasteiger partial charge in [0.15, 0.2) is 5.96 Å². The van der Waals surface area contributed by atoms with Gasteiger partial charge in [0, 0.05) is 36.5 Å². The smallest absolute Gasteiger partial charge is 0.326 e. The summed E-state index contributed by atoms with van der Waals surface area (Å²) in [5.74, 6) is -4.84. The number of hydrogen-bond donors (Lipinski definition) is 9. The molecule has 3 amide bonds. The maximum absolute atomic E-state index is 13.3. The van der Waals surface area contributed by atoms with Crippen molar-refractivity contribution in [2.24, 2.45) is 22.2 Å². The van der Waals surface area contributed by atoms with Crippen LogP contribution in [0.25, 0.3) is 10.9 Å². The Morgan fingerprint density at radius 1 is 0.950 bits per heavy atom. The zero-order valence-electron chi connectivity index (χ0n) is 22.1. The van der Waals surface area contributed by atoms with E-state index in [2.05, 4.69) is 25.9 Å². The van der Waals surface area contributed by atoms with Gasteiger partial charge in [0.05, 0.1) is 6.04 Å². The number of aliphatic imine (C=N–C) groups is 1. The van der Waals surface area contributed by atoms with Crippen LogP contribution < -0.4 is 33.2 Å². The molecule has 4 unspecified atom stereocenters. The second-order valence-electron chi connectivity index (χ2n) is 9.24. The summed E-state index contributed by atoms with van der Waals surface area (Å²) in [6.07, 6.45) is 1.64. The van der Waals surface area contributed by atoms with Crippen LogP contribution >= 0.6 is 0 Å². The quantitative estimate of drug-likeness (QED) is 0.0652. The fourth-order valence-corrected chi connectivity index (χ4v) is 3.86. The van der Waals surface area contributed by atoms with Gasteiger partial charge in [-0.2, -0.15) is 0 Å². The Bertz CT molecular complexity index is 1240. The van der Waals surface area contributed by atoms with Crippen LogP contribution in [0.2, 0.25) is 0 Å². The number of fused-ring (bicyclic) bond motifs is 1.